The highest BCUT2D eigenvalue weighted by Gasteiger charge is 2.16. The number of fused-ring (bicyclic) bond motifs is 1. The molecule has 0 fully saturated rings. The van der Waals surface area contributed by atoms with Crippen LogP contribution >= 0.6 is 0 Å². The number of rotatable bonds is 3. The van der Waals surface area contributed by atoms with E-state index in [0.717, 1.165) is 28.0 Å². The summed E-state index contributed by atoms with van der Waals surface area (Å²) >= 11 is 0. The molecule has 0 amide bonds. The molecule has 0 radical (unpaired) electrons. The van der Waals surface area contributed by atoms with Crippen LogP contribution in [0.2, 0.25) is 0 Å². The van der Waals surface area contributed by atoms with E-state index in [1.807, 2.05) is 37.3 Å². The van der Waals surface area contributed by atoms with Crippen LogP contribution in [-0.4, -0.2) is 5.11 Å². The van der Waals surface area contributed by atoms with E-state index in [9.17, 15) is 5.11 Å². The van der Waals surface area contributed by atoms with Gasteiger partial charge in [0.2, 0.25) is 0 Å². The lowest BCUT2D eigenvalue weighted by atomic mass is 10.1. The van der Waals surface area contributed by atoms with Crippen molar-refractivity contribution in [1.29, 1.82) is 0 Å². The monoisotopic (exact) mass is 281 g/mol. The Labute approximate surface area is 124 Å². The van der Waals surface area contributed by atoms with Gasteiger partial charge in [0.1, 0.15) is 17.1 Å². The van der Waals surface area contributed by atoms with Crippen molar-refractivity contribution >= 4 is 16.7 Å². The quantitative estimate of drug-likeness (QED) is 0.669. The van der Waals surface area contributed by atoms with E-state index < -0.39 is 0 Å². The summed E-state index contributed by atoms with van der Waals surface area (Å²) < 4.78 is 5.97. The van der Waals surface area contributed by atoms with Crippen molar-refractivity contribution in [2.45, 2.75) is 26.8 Å². The highest BCUT2D eigenvalue weighted by Crippen LogP contribution is 2.31. The summed E-state index contributed by atoms with van der Waals surface area (Å²) in [6, 6.07) is 13.6. The third kappa shape index (κ3) is 2.47. The SMILES string of the molecule is Cc1cc(NC(C)c2oc3ccccc3c2C)ccc1O. The summed E-state index contributed by atoms with van der Waals surface area (Å²) in [6.45, 7) is 6.05. The first-order valence-electron chi connectivity index (χ1n) is 7.10. The second-order valence-electron chi connectivity index (χ2n) is 5.45. The molecule has 3 aromatic rings. The number of aryl methyl sites for hydroxylation is 2. The highest BCUT2D eigenvalue weighted by molar-refractivity contribution is 5.82. The normalized spacial score (nSPS) is 12.5. The van der Waals surface area contributed by atoms with Gasteiger partial charge >= 0.3 is 0 Å². The molecule has 1 atom stereocenters. The molecule has 1 aromatic heterocycles. The van der Waals surface area contributed by atoms with Crippen molar-refractivity contribution in [2.75, 3.05) is 5.32 Å². The molecule has 0 spiro atoms. The maximum absolute atomic E-state index is 9.59. The number of para-hydroxylation sites is 1. The fourth-order valence-electron chi connectivity index (χ4n) is 2.67. The lowest BCUT2D eigenvalue weighted by molar-refractivity contribution is 0.471. The van der Waals surface area contributed by atoms with Gasteiger partial charge in [-0.25, -0.2) is 0 Å². The predicted molar refractivity (Wildman–Crippen MR) is 85.8 cm³/mol. The number of phenolic OH excluding ortho intramolecular Hbond substituents is 1. The number of hydrogen-bond donors (Lipinski definition) is 2. The average molecular weight is 281 g/mol. The van der Waals surface area contributed by atoms with Crippen LogP contribution < -0.4 is 5.32 Å². The summed E-state index contributed by atoms with van der Waals surface area (Å²) in [6.07, 6.45) is 0. The van der Waals surface area contributed by atoms with Gasteiger partial charge in [0.15, 0.2) is 0 Å². The van der Waals surface area contributed by atoms with Gasteiger partial charge in [-0.05, 0) is 50.6 Å². The predicted octanol–water partition coefficient (Wildman–Crippen LogP) is 4.93. The Morgan fingerprint density at radius 2 is 1.86 bits per heavy atom. The molecule has 0 saturated carbocycles. The number of benzene rings is 2. The van der Waals surface area contributed by atoms with Crippen LogP contribution in [0.15, 0.2) is 46.9 Å². The van der Waals surface area contributed by atoms with Crippen molar-refractivity contribution in [3.05, 3.63) is 59.4 Å². The molecule has 3 heteroatoms. The van der Waals surface area contributed by atoms with Gasteiger partial charge in [0, 0.05) is 16.6 Å². The molecule has 2 N–H and O–H groups in total. The van der Waals surface area contributed by atoms with Gasteiger partial charge in [-0.1, -0.05) is 18.2 Å². The molecule has 0 bridgehead atoms. The number of phenols is 1. The van der Waals surface area contributed by atoms with Crippen molar-refractivity contribution in [2.24, 2.45) is 0 Å². The number of nitrogens with one attached hydrogen (secondary N) is 1. The summed E-state index contributed by atoms with van der Waals surface area (Å²) in [5, 5.41) is 14.2. The van der Waals surface area contributed by atoms with Crippen LogP contribution in [0, 0.1) is 13.8 Å². The summed E-state index contributed by atoms with van der Waals surface area (Å²) in [5.74, 6) is 1.26. The Kier molecular flexibility index (Phi) is 3.34. The second-order valence-corrected chi connectivity index (χ2v) is 5.45. The van der Waals surface area contributed by atoms with Gasteiger partial charge in [0.05, 0.1) is 6.04 Å². The van der Waals surface area contributed by atoms with Crippen molar-refractivity contribution in [1.82, 2.24) is 0 Å². The van der Waals surface area contributed by atoms with Gasteiger partial charge < -0.3 is 14.8 Å². The smallest absolute Gasteiger partial charge is 0.134 e. The number of hydrogen-bond acceptors (Lipinski definition) is 3. The molecule has 21 heavy (non-hydrogen) atoms. The van der Waals surface area contributed by atoms with E-state index in [-0.39, 0.29) is 6.04 Å². The largest absolute Gasteiger partial charge is 0.508 e. The van der Waals surface area contributed by atoms with Crippen molar-refractivity contribution in [3.63, 3.8) is 0 Å². The molecule has 0 aliphatic carbocycles. The van der Waals surface area contributed by atoms with Crippen LogP contribution in [0.25, 0.3) is 11.0 Å². The molecular formula is C18H19NO2. The number of furan rings is 1. The Morgan fingerprint density at radius 3 is 2.57 bits per heavy atom. The van der Waals surface area contributed by atoms with Gasteiger partial charge in [-0.2, -0.15) is 0 Å². The molecule has 0 aliphatic heterocycles. The summed E-state index contributed by atoms with van der Waals surface area (Å²) in [4.78, 5) is 0. The van der Waals surface area contributed by atoms with Crippen LogP contribution in [0.3, 0.4) is 0 Å². The zero-order valence-electron chi connectivity index (χ0n) is 12.5. The van der Waals surface area contributed by atoms with E-state index >= 15 is 0 Å². The van der Waals surface area contributed by atoms with Crippen molar-refractivity contribution < 1.29 is 9.52 Å². The van der Waals surface area contributed by atoms with E-state index in [0.29, 0.717) is 5.75 Å². The average Bonchev–Trinajstić information content (AvgIpc) is 2.81. The molecule has 2 aromatic carbocycles. The van der Waals surface area contributed by atoms with Gasteiger partial charge in [0.25, 0.3) is 0 Å². The zero-order valence-corrected chi connectivity index (χ0v) is 12.5. The van der Waals surface area contributed by atoms with E-state index in [1.54, 1.807) is 6.07 Å². The zero-order chi connectivity index (χ0) is 15.0. The molecular weight excluding hydrogens is 262 g/mol. The molecule has 0 saturated heterocycles. The minimum atomic E-state index is 0.0568. The van der Waals surface area contributed by atoms with Gasteiger partial charge in [-0.3, -0.25) is 0 Å². The van der Waals surface area contributed by atoms with E-state index in [1.165, 1.54) is 5.56 Å². The highest BCUT2D eigenvalue weighted by atomic mass is 16.3. The molecule has 1 heterocycles. The Morgan fingerprint density at radius 1 is 1.10 bits per heavy atom. The van der Waals surface area contributed by atoms with Crippen LogP contribution in [0.5, 0.6) is 5.75 Å². The van der Waals surface area contributed by atoms with E-state index in [4.69, 9.17) is 4.42 Å². The Bertz CT molecular complexity index is 789. The summed E-state index contributed by atoms with van der Waals surface area (Å²) in [5.41, 5.74) is 3.91. The molecule has 0 aliphatic rings. The van der Waals surface area contributed by atoms with E-state index in [2.05, 4.69) is 25.2 Å². The Hall–Kier alpha value is -2.42. The number of anilines is 1. The van der Waals surface area contributed by atoms with Gasteiger partial charge in [-0.15, -0.1) is 0 Å². The minimum Gasteiger partial charge on any atom is -0.508 e. The lowest BCUT2D eigenvalue weighted by Crippen LogP contribution is -2.06. The Balaban J connectivity index is 1.91. The third-order valence-corrected chi connectivity index (χ3v) is 3.85. The molecule has 1 unspecified atom stereocenters. The second kappa shape index (κ2) is 5.17. The van der Waals surface area contributed by atoms with Crippen LogP contribution in [0.4, 0.5) is 5.69 Å². The maximum atomic E-state index is 9.59. The number of aromatic hydroxyl groups is 1. The molecule has 3 nitrogen and oxygen atoms in total. The standard InChI is InChI=1S/C18H19NO2/c1-11-10-14(8-9-16(11)20)19-13(3)18-12(2)15-6-4-5-7-17(15)21-18/h4-10,13,19-20H,1-3H3. The fraction of sp³-hybridized carbons (Fsp3) is 0.222. The van der Waals surface area contributed by atoms with Crippen molar-refractivity contribution in [3.8, 4) is 5.75 Å². The first kappa shape index (κ1) is 13.6. The topological polar surface area (TPSA) is 45.4 Å². The van der Waals surface area contributed by atoms with Crippen LogP contribution in [-0.2, 0) is 0 Å². The maximum Gasteiger partial charge on any atom is 0.134 e. The van der Waals surface area contributed by atoms with Crippen LogP contribution in [0.1, 0.15) is 29.9 Å². The molecule has 108 valence electrons. The third-order valence-electron chi connectivity index (χ3n) is 3.85. The minimum absolute atomic E-state index is 0.0568. The fourth-order valence-corrected chi connectivity index (χ4v) is 2.67. The first-order chi connectivity index (χ1) is 10.1. The molecule has 3 rings (SSSR count). The lowest BCUT2D eigenvalue weighted by Gasteiger charge is -2.14. The summed E-state index contributed by atoms with van der Waals surface area (Å²) in [7, 11) is 0. The first-order valence-corrected chi connectivity index (χ1v) is 7.10.